The van der Waals surface area contributed by atoms with E-state index in [0.717, 1.165) is 0 Å². The Bertz CT molecular complexity index is 1080. The molecular formula is C20H19F3N2O3S2. The summed E-state index contributed by atoms with van der Waals surface area (Å²) in [5.41, 5.74) is -3.67. The summed E-state index contributed by atoms with van der Waals surface area (Å²) in [6.45, 7) is 7.27. The Kier molecular flexibility index (Phi) is 6.37. The van der Waals surface area contributed by atoms with Crippen LogP contribution in [0.2, 0.25) is 0 Å². The lowest BCUT2D eigenvalue weighted by Crippen LogP contribution is -2.24. The molecule has 10 heteroatoms. The number of carbonyl (C=O) groups excluding carboxylic acids is 1. The van der Waals surface area contributed by atoms with E-state index in [0.29, 0.717) is 33.0 Å². The van der Waals surface area contributed by atoms with E-state index in [-0.39, 0.29) is 22.5 Å². The number of alkyl halides is 3. The van der Waals surface area contributed by atoms with Gasteiger partial charge < -0.3 is 9.15 Å². The number of ether oxygens (including phenoxy) is 1. The second-order valence-electron chi connectivity index (χ2n) is 7.20. The Morgan fingerprint density at radius 1 is 1.20 bits per heavy atom. The predicted molar refractivity (Wildman–Crippen MR) is 111 cm³/mol. The smallest absolute Gasteiger partial charge is 0.446 e. The highest BCUT2D eigenvalue weighted by molar-refractivity contribution is 8.00. The third-order valence-electron chi connectivity index (χ3n) is 3.58. The summed E-state index contributed by atoms with van der Waals surface area (Å²) in [7, 11) is 0. The van der Waals surface area contributed by atoms with Crippen molar-refractivity contribution in [1.82, 2.24) is 9.97 Å². The van der Waals surface area contributed by atoms with Gasteiger partial charge in [0.1, 0.15) is 16.8 Å². The van der Waals surface area contributed by atoms with Crippen molar-refractivity contribution in [2.24, 2.45) is 0 Å². The maximum Gasteiger partial charge on any atom is 0.446 e. The van der Waals surface area contributed by atoms with Crippen LogP contribution in [-0.4, -0.2) is 32.8 Å². The fourth-order valence-corrected chi connectivity index (χ4v) is 3.90. The molecule has 0 bridgehead atoms. The first-order valence-corrected chi connectivity index (χ1v) is 10.8. The maximum absolute atomic E-state index is 12.6. The first-order chi connectivity index (χ1) is 13.9. The number of fused-ring (bicyclic) bond motifs is 1. The lowest BCUT2D eigenvalue weighted by Gasteiger charge is -2.19. The van der Waals surface area contributed by atoms with Gasteiger partial charge in [0.15, 0.2) is 5.58 Å². The van der Waals surface area contributed by atoms with Gasteiger partial charge in [-0.05, 0) is 62.6 Å². The highest BCUT2D eigenvalue weighted by atomic mass is 32.2. The lowest BCUT2D eigenvalue weighted by molar-refractivity contribution is -0.0328. The molecule has 0 amide bonds. The number of hydrogen-bond acceptors (Lipinski definition) is 7. The summed E-state index contributed by atoms with van der Waals surface area (Å²) in [6.07, 6.45) is 1.38. The Labute approximate surface area is 179 Å². The van der Waals surface area contributed by atoms with Crippen molar-refractivity contribution in [2.45, 2.75) is 48.6 Å². The molecule has 2 heterocycles. The number of hydrogen-bond donors (Lipinski definition) is 0. The number of aromatic nitrogens is 2. The van der Waals surface area contributed by atoms with Crippen LogP contribution in [0.15, 0.2) is 44.7 Å². The molecule has 0 N–H and O–H groups in total. The average molecular weight is 457 g/mol. The van der Waals surface area contributed by atoms with Crippen molar-refractivity contribution in [3.8, 4) is 11.6 Å². The van der Waals surface area contributed by atoms with Gasteiger partial charge in [-0.15, -0.1) is 11.8 Å². The topological polar surface area (TPSA) is 65.2 Å². The fraction of sp³-hybridized carbons (Fsp3) is 0.350. The van der Waals surface area contributed by atoms with Gasteiger partial charge in [-0.1, -0.05) is 6.92 Å². The fourth-order valence-electron chi connectivity index (χ4n) is 2.53. The largest absolute Gasteiger partial charge is 0.456 e. The van der Waals surface area contributed by atoms with Crippen LogP contribution < -0.4 is 0 Å². The first-order valence-electron chi connectivity index (χ1n) is 8.98. The Morgan fingerprint density at radius 3 is 2.57 bits per heavy atom. The monoisotopic (exact) mass is 456 g/mol. The van der Waals surface area contributed by atoms with E-state index in [1.165, 1.54) is 36.2 Å². The van der Waals surface area contributed by atoms with Crippen molar-refractivity contribution in [2.75, 3.05) is 5.75 Å². The molecule has 0 aliphatic rings. The highest BCUT2D eigenvalue weighted by Crippen LogP contribution is 2.39. The number of carbonyl (C=O) groups is 1. The minimum absolute atomic E-state index is 0.0197. The molecule has 0 radical (unpaired) electrons. The van der Waals surface area contributed by atoms with Crippen LogP contribution >= 0.6 is 23.5 Å². The zero-order valence-corrected chi connectivity index (χ0v) is 18.3. The normalized spacial score (nSPS) is 12.4. The van der Waals surface area contributed by atoms with E-state index in [4.69, 9.17) is 9.15 Å². The average Bonchev–Trinajstić information content (AvgIpc) is 3.02. The summed E-state index contributed by atoms with van der Waals surface area (Å²) in [5, 5.41) is 0. The van der Waals surface area contributed by atoms with Crippen LogP contribution in [0.1, 0.15) is 38.1 Å². The summed E-state index contributed by atoms with van der Waals surface area (Å²) in [6, 6.07) is 5.75. The van der Waals surface area contributed by atoms with Crippen molar-refractivity contribution in [3.63, 3.8) is 0 Å². The Morgan fingerprint density at radius 2 is 1.93 bits per heavy atom. The summed E-state index contributed by atoms with van der Waals surface area (Å²) >= 11 is 1.23. The number of nitrogens with zero attached hydrogens (tertiary/aromatic N) is 2. The van der Waals surface area contributed by atoms with E-state index in [1.807, 2.05) is 6.92 Å². The molecule has 0 fully saturated rings. The molecule has 0 aliphatic heterocycles. The summed E-state index contributed by atoms with van der Waals surface area (Å²) in [4.78, 5) is 21.7. The maximum atomic E-state index is 12.6. The van der Waals surface area contributed by atoms with Crippen LogP contribution in [0.4, 0.5) is 13.2 Å². The molecule has 0 unspecified atom stereocenters. The van der Waals surface area contributed by atoms with E-state index in [1.54, 1.807) is 26.8 Å². The Hall–Kier alpha value is -2.20. The van der Waals surface area contributed by atoms with Gasteiger partial charge in [-0.25, -0.2) is 14.8 Å². The van der Waals surface area contributed by atoms with Crippen LogP contribution in [0.3, 0.4) is 0 Å². The third kappa shape index (κ3) is 5.69. The number of halogens is 3. The number of oxazole rings is 1. The van der Waals surface area contributed by atoms with E-state index in [2.05, 4.69) is 9.97 Å². The second-order valence-corrected chi connectivity index (χ2v) is 9.65. The molecule has 0 atom stereocenters. The standard InChI is InChI=1S/C20H19F3N2O3S2/c1-5-29-15-8-11(18(26)28-19(2,3)4)10-24-16(15)17-25-13-9-12(30-20(21,22)23)6-7-14(13)27-17/h6-10H,5H2,1-4H3. The molecule has 1 aromatic carbocycles. The molecule has 0 spiro atoms. The number of esters is 1. The van der Waals surface area contributed by atoms with Crippen molar-refractivity contribution >= 4 is 40.6 Å². The number of thioether (sulfide) groups is 2. The van der Waals surface area contributed by atoms with E-state index < -0.39 is 17.1 Å². The third-order valence-corrected chi connectivity index (χ3v) is 5.21. The zero-order valence-electron chi connectivity index (χ0n) is 16.7. The van der Waals surface area contributed by atoms with E-state index >= 15 is 0 Å². The molecule has 2 aromatic heterocycles. The van der Waals surface area contributed by atoms with Crippen LogP contribution in [0.25, 0.3) is 22.7 Å². The van der Waals surface area contributed by atoms with Gasteiger partial charge in [-0.2, -0.15) is 13.2 Å². The molecule has 30 heavy (non-hydrogen) atoms. The minimum atomic E-state index is -4.38. The SMILES string of the molecule is CCSc1cc(C(=O)OC(C)(C)C)cnc1-c1nc2cc(SC(F)(F)F)ccc2o1. The first kappa shape index (κ1) is 22.5. The van der Waals surface area contributed by atoms with Crippen LogP contribution in [0, 0.1) is 0 Å². The lowest BCUT2D eigenvalue weighted by atomic mass is 10.2. The quantitative estimate of drug-likeness (QED) is 0.318. The summed E-state index contributed by atoms with van der Waals surface area (Å²) < 4.78 is 49.0. The predicted octanol–water partition coefficient (Wildman–Crippen LogP) is 6.57. The van der Waals surface area contributed by atoms with Gasteiger partial charge in [0, 0.05) is 16.0 Å². The van der Waals surface area contributed by atoms with Gasteiger partial charge in [0.05, 0.1) is 5.56 Å². The van der Waals surface area contributed by atoms with E-state index in [9.17, 15) is 18.0 Å². The van der Waals surface area contributed by atoms with Crippen LogP contribution in [-0.2, 0) is 4.74 Å². The van der Waals surface area contributed by atoms with Gasteiger partial charge >= 0.3 is 11.5 Å². The molecule has 5 nitrogen and oxygen atoms in total. The van der Waals surface area contributed by atoms with Gasteiger partial charge in [0.2, 0.25) is 5.89 Å². The molecular weight excluding hydrogens is 437 g/mol. The molecule has 3 rings (SSSR count). The molecule has 3 aromatic rings. The minimum Gasteiger partial charge on any atom is -0.456 e. The summed E-state index contributed by atoms with van der Waals surface area (Å²) in [5.74, 6) is 0.385. The number of pyridine rings is 1. The van der Waals surface area contributed by atoms with Crippen LogP contribution in [0.5, 0.6) is 0 Å². The number of benzene rings is 1. The highest BCUT2D eigenvalue weighted by Gasteiger charge is 2.29. The molecule has 0 aliphatic carbocycles. The van der Waals surface area contributed by atoms with Gasteiger partial charge in [-0.3, -0.25) is 0 Å². The molecule has 0 saturated carbocycles. The van der Waals surface area contributed by atoms with Crippen molar-refractivity contribution in [3.05, 3.63) is 36.0 Å². The van der Waals surface area contributed by atoms with Crippen molar-refractivity contribution in [1.29, 1.82) is 0 Å². The zero-order chi connectivity index (χ0) is 22.1. The Balaban J connectivity index is 1.97. The van der Waals surface area contributed by atoms with Crippen molar-refractivity contribution < 1.29 is 27.1 Å². The van der Waals surface area contributed by atoms with Gasteiger partial charge in [0.25, 0.3) is 0 Å². The molecule has 160 valence electrons. The second kappa shape index (κ2) is 8.50. The molecule has 0 saturated heterocycles. The number of rotatable bonds is 5.